The number of carbonyl (C=O) groups is 1. The summed E-state index contributed by atoms with van der Waals surface area (Å²) in [4.78, 5) is 17.7. The molecule has 2 aliphatic carbocycles. The second-order valence-electron chi connectivity index (χ2n) is 7.13. The van der Waals surface area contributed by atoms with E-state index in [1.807, 2.05) is 12.1 Å². The van der Waals surface area contributed by atoms with Crippen LogP contribution in [0.2, 0.25) is 0 Å². The van der Waals surface area contributed by atoms with Crippen molar-refractivity contribution in [1.29, 1.82) is 0 Å². The van der Waals surface area contributed by atoms with Gasteiger partial charge in [0.1, 0.15) is 0 Å². The van der Waals surface area contributed by atoms with E-state index in [9.17, 15) is 4.79 Å². The molecule has 0 atom stereocenters. The highest BCUT2D eigenvalue weighted by Gasteiger charge is 2.53. The van der Waals surface area contributed by atoms with Crippen LogP contribution in [0.3, 0.4) is 0 Å². The van der Waals surface area contributed by atoms with Crippen molar-refractivity contribution in [3.63, 3.8) is 0 Å². The van der Waals surface area contributed by atoms with E-state index in [0.29, 0.717) is 5.91 Å². The number of rotatable bonds is 4. The second kappa shape index (κ2) is 5.64. The maximum atomic E-state index is 13.0. The van der Waals surface area contributed by atoms with Crippen molar-refractivity contribution < 1.29 is 4.79 Å². The molecule has 4 rings (SSSR count). The minimum absolute atomic E-state index is 0.220. The summed E-state index contributed by atoms with van der Waals surface area (Å²) in [6.07, 6.45) is 4.82. The van der Waals surface area contributed by atoms with E-state index in [0.717, 1.165) is 49.4 Å². The molecule has 3 nitrogen and oxygen atoms in total. The SMILES string of the molecule is O=C(N1CCN(CC2CC2)CC1)C1(c2cccc(Br)c2)CC1. The minimum atomic E-state index is -0.220. The molecule has 0 radical (unpaired) electrons. The molecule has 1 heterocycles. The molecule has 118 valence electrons. The fourth-order valence-corrected chi connectivity index (χ4v) is 4.04. The van der Waals surface area contributed by atoms with Crippen LogP contribution >= 0.6 is 15.9 Å². The third-order valence-electron chi connectivity index (χ3n) is 5.41. The summed E-state index contributed by atoms with van der Waals surface area (Å²) in [7, 11) is 0. The van der Waals surface area contributed by atoms with Gasteiger partial charge in [-0.2, -0.15) is 0 Å². The average Bonchev–Trinajstić information content (AvgIpc) is 3.42. The van der Waals surface area contributed by atoms with Crippen LogP contribution in [0.25, 0.3) is 0 Å². The smallest absolute Gasteiger partial charge is 0.233 e. The van der Waals surface area contributed by atoms with Gasteiger partial charge in [-0.25, -0.2) is 0 Å². The van der Waals surface area contributed by atoms with Gasteiger partial charge in [-0.05, 0) is 49.3 Å². The van der Waals surface area contributed by atoms with Crippen LogP contribution in [0.15, 0.2) is 28.7 Å². The van der Waals surface area contributed by atoms with Crippen molar-refractivity contribution in [2.75, 3.05) is 32.7 Å². The minimum Gasteiger partial charge on any atom is -0.339 e. The Labute approximate surface area is 140 Å². The maximum Gasteiger partial charge on any atom is 0.233 e. The van der Waals surface area contributed by atoms with Gasteiger partial charge in [0.15, 0.2) is 0 Å². The summed E-state index contributed by atoms with van der Waals surface area (Å²) in [6, 6.07) is 8.30. The van der Waals surface area contributed by atoms with Gasteiger partial charge in [-0.1, -0.05) is 28.1 Å². The van der Waals surface area contributed by atoms with E-state index in [1.165, 1.54) is 24.9 Å². The lowest BCUT2D eigenvalue weighted by Gasteiger charge is -2.36. The molecule has 0 N–H and O–H groups in total. The van der Waals surface area contributed by atoms with E-state index >= 15 is 0 Å². The molecule has 4 heteroatoms. The zero-order chi connectivity index (χ0) is 15.2. The van der Waals surface area contributed by atoms with Crippen molar-refractivity contribution in [1.82, 2.24) is 9.80 Å². The number of carbonyl (C=O) groups excluding carboxylic acids is 1. The maximum absolute atomic E-state index is 13.0. The molecule has 1 aliphatic heterocycles. The summed E-state index contributed by atoms with van der Waals surface area (Å²) < 4.78 is 1.07. The van der Waals surface area contributed by atoms with Crippen LogP contribution in [0.5, 0.6) is 0 Å². The number of amides is 1. The monoisotopic (exact) mass is 362 g/mol. The fourth-order valence-electron chi connectivity index (χ4n) is 3.64. The molecule has 22 heavy (non-hydrogen) atoms. The number of piperazine rings is 1. The first-order valence-electron chi connectivity index (χ1n) is 8.45. The normalized spacial score (nSPS) is 24.3. The Morgan fingerprint density at radius 1 is 1.18 bits per heavy atom. The molecule has 1 aromatic rings. The summed E-state index contributed by atoms with van der Waals surface area (Å²) in [6.45, 7) is 5.16. The van der Waals surface area contributed by atoms with Crippen LogP contribution in [0.4, 0.5) is 0 Å². The highest BCUT2D eigenvalue weighted by atomic mass is 79.9. The molecule has 1 saturated heterocycles. The van der Waals surface area contributed by atoms with Gasteiger partial charge in [0, 0.05) is 37.2 Å². The zero-order valence-corrected chi connectivity index (χ0v) is 14.5. The Bertz CT molecular complexity index is 572. The van der Waals surface area contributed by atoms with Crippen LogP contribution in [0.1, 0.15) is 31.2 Å². The molecule has 0 bridgehead atoms. The molecule has 1 amide bonds. The molecule has 1 aromatic carbocycles. The predicted molar refractivity (Wildman–Crippen MR) is 90.8 cm³/mol. The second-order valence-corrected chi connectivity index (χ2v) is 8.04. The van der Waals surface area contributed by atoms with Crippen LogP contribution in [-0.2, 0) is 10.2 Å². The standard InChI is InChI=1S/C18H23BrN2O/c19-16-3-1-2-15(12-16)18(6-7-18)17(22)21-10-8-20(9-11-21)13-14-4-5-14/h1-3,12,14H,4-11,13H2. The Kier molecular flexibility index (Phi) is 3.77. The van der Waals surface area contributed by atoms with Crippen molar-refractivity contribution in [2.24, 2.45) is 5.92 Å². The van der Waals surface area contributed by atoms with Crippen molar-refractivity contribution in [3.05, 3.63) is 34.3 Å². The molecule has 3 aliphatic rings. The molecular formula is C18H23BrN2O. The van der Waals surface area contributed by atoms with Gasteiger partial charge in [-0.15, -0.1) is 0 Å². The predicted octanol–water partition coefficient (Wildman–Crippen LogP) is 3.03. The van der Waals surface area contributed by atoms with Gasteiger partial charge in [0.25, 0.3) is 0 Å². The van der Waals surface area contributed by atoms with Crippen LogP contribution in [-0.4, -0.2) is 48.4 Å². The van der Waals surface area contributed by atoms with E-state index in [1.54, 1.807) is 0 Å². The number of nitrogens with zero attached hydrogens (tertiary/aromatic N) is 2. The topological polar surface area (TPSA) is 23.6 Å². The fraction of sp³-hybridized carbons (Fsp3) is 0.611. The lowest BCUT2D eigenvalue weighted by atomic mass is 9.94. The first-order valence-corrected chi connectivity index (χ1v) is 9.24. The number of hydrogen-bond acceptors (Lipinski definition) is 2. The van der Waals surface area contributed by atoms with Gasteiger partial charge >= 0.3 is 0 Å². The lowest BCUT2D eigenvalue weighted by molar-refractivity contribution is -0.135. The molecule has 0 spiro atoms. The van der Waals surface area contributed by atoms with Gasteiger partial charge in [0.05, 0.1) is 5.41 Å². The summed E-state index contributed by atoms with van der Waals surface area (Å²) in [5.74, 6) is 1.30. The van der Waals surface area contributed by atoms with E-state index in [4.69, 9.17) is 0 Å². The molecule has 2 saturated carbocycles. The summed E-state index contributed by atoms with van der Waals surface area (Å²) >= 11 is 3.53. The summed E-state index contributed by atoms with van der Waals surface area (Å²) in [5, 5.41) is 0. The van der Waals surface area contributed by atoms with Crippen LogP contribution < -0.4 is 0 Å². The Morgan fingerprint density at radius 3 is 2.50 bits per heavy atom. The largest absolute Gasteiger partial charge is 0.339 e. The third-order valence-corrected chi connectivity index (χ3v) is 5.90. The van der Waals surface area contributed by atoms with Gasteiger partial charge in [-0.3, -0.25) is 9.69 Å². The first-order chi connectivity index (χ1) is 10.7. The number of benzene rings is 1. The first kappa shape index (κ1) is 14.7. The van der Waals surface area contributed by atoms with Crippen molar-refractivity contribution >= 4 is 21.8 Å². The lowest BCUT2D eigenvalue weighted by Crippen LogP contribution is -2.51. The highest BCUT2D eigenvalue weighted by Crippen LogP contribution is 2.50. The Hall–Kier alpha value is -0.870. The number of hydrogen-bond donors (Lipinski definition) is 0. The molecule has 0 unspecified atom stereocenters. The molecule has 0 aromatic heterocycles. The van der Waals surface area contributed by atoms with E-state index in [2.05, 4.69) is 37.9 Å². The summed E-state index contributed by atoms with van der Waals surface area (Å²) in [5.41, 5.74) is 0.968. The van der Waals surface area contributed by atoms with E-state index in [-0.39, 0.29) is 5.41 Å². The van der Waals surface area contributed by atoms with Gasteiger partial charge < -0.3 is 4.90 Å². The Balaban J connectivity index is 1.41. The highest BCUT2D eigenvalue weighted by molar-refractivity contribution is 9.10. The zero-order valence-electron chi connectivity index (χ0n) is 12.9. The van der Waals surface area contributed by atoms with E-state index < -0.39 is 0 Å². The molecular weight excluding hydrogens is 340 g/mol. The van der Waals surface area contributed by atoms with Gasteiger partial charge in [0.2, 0.25) is 5.91 Å². The average molecular weight is 363 g/mol. The molecule has 3 fully saturated rings. The number of halogens is 1. The third kappa shape index (κ3) is 2.83. The van der Waals surface area contributed by atoms with Crippen molar-refractivity contribution in [3.8, 4) is 0 Å². The van der Waals surface area contributed by atoms with Crippen LogP contribution in [0, 0.1) is 5.92 Å². The Morgan fingerprint density at radius 2 is 1.91 bits per heavy atom. The quantitative estimate of drug-likeness (QED) is 0.821. The van der Waals surface area contributed by atoms with Crippen molar-refractivity contribution in [2.45, 2.75) is 31.1 Å².